The van der Waals surface area contributed by atoms with E-state index < -0.39 is 0 Å². The van der Waals surface area contributed by atoms with Crippen LogP contribution in [0.15, 0.2) is 72.3 Å². The number of rotatable bonds is 7. The first-order valence-corrected chi connectivity index (χ1v) is 11.0. The molecule has 0 saturated heterocycles. The van der Waals surface area contributed by atoms with Crippen molar-refractivity contribution in [3.05, 3.63) is 77.9 Å². The minimum Gasteiger partial charge on any atom is -0.424 e. The van der Waals surface area contributed by atoms with E-state index in [0.29, 0.717) is 17.3 Å². The summed E-state index contributed by atoms with van der Waals surface area (Å²) in [5, 5.41) is 12.6. The SMILES string of the molecule is Cc1cc(Oc2ncccn2)ccc1NC(=O)CCC(=O)C(C#N)=C1N(C)c2ccccc2N1C. The predicted molar refractivity (Wildman–Crippen MR) is 132 cm³/mol. The summed E-state index contributed by atoms with van der Waals surface area (Å²) in [5.74, 6) is 0.346. The number of amides is 1. The molecule has 0 saturated carbocycles. The molecular weight excluding hydrogens is 444 g/mol. The number of para-hydroxylation sites is 2. The van der Waals surface area contributed by atoms with E-state index in [1.807, 2.05) is 61.2 Å². The summed E-state index contributed by atoms with van der Waals surface area (Å²) in [6.45, 7) is 1.83. The van der Waals surface area contributed by atoms with Crippen molar-refractivity contribution >= 4 is 28.8 Å². The maximum Gasteiger partial charge on any atom is 0.321 e. The Balaban J connectivity index is 1.39. The summed E-state index contributed by atoms with van der Waals surface area (Å²) in [5.41, 5.74) is 3.23. The summed E-state index contributed by atoms with van der Waals surface area (Å²) >= 11 is 0. The fourth-order valence-corrected chi connectivity index (χ4v) is 3.91. The largest absolute Gasteiger partial charge is 0.424 e. The van der Waals surface area contributed by atoms with Crippen molar-refractivity contribution in [3.63, 3.8) is 0 Å². The number of nitrogens with zero attached hydrogens (tertiary/aromatic N) is 5. The van der Waals surface area contributed by atoms with Gasteiger partial charge in [0.25, 0.3) is 0 Å². The van der Waals surface area contributed by atoms with Gasteiger partial charge in [0, 0.05) is 45.0 Å². The van der Waals surface area contributed by atoms with E-state index >= 15 is 0 Å². The zero-order valence-electron chi connectivity index (χ0n) is 19.6. The monoisotopic (exact) mass is 468 g/mol. The second-order valence-electron chi connectivity index (χ2n) is 8.00. The highest BCUT2D eigenvalue weighted by Gasteiger charge is 2.31. The number of hydrogen-bond acceptors (Lipinski definition) is 8. The lowest BCUT2D eigenvalue weighted by atomic mass is 10.1. The van der Waals surface area contributed by atoms with Crippen LogP contribution in [0.3, 0.4) is 0 Å². The molecule has 0 bridgehead atoms. The maximum absolute atomic E-state index is 12.9. The van der Waals surface area contributed by atoms with Crippen molar-refractivity contribution in [3.8, 4) is 17.8 Å². The van der Waals surface area contributed by atoms with E-state index in [-0.39, 0.29) is 36.1 Å². The minimum atomic E-state index is -0.382. The molecule has 0 radical (unpaired) electrons. The first kappa shape index (κ1) is 23.4. The summed E-state index contributed by atoms with van der Waals surface area (Å²) in [4.78, 5) is 37.1. The van der Waals surface area contributed by atoms with Crippen LogP contribution in [0, 0.1) is 18.3 Å². The molecular formula is C26H24N6O3. The number of hydrogen-bond donors (Lipinski definition) is 1. The number of ketones is 1. The molecule has 1 aliphatic rings. The van der Waals surface area contributed by atoms with Crippen molar-refractivity contribution in [2.75, 3.05) is 29.2 Å². The van der Waals surface area contributed by atoms with E-state index in [2.05, 4.69) is 15.3 Å². The van der Waals surface area contributed by atoms with Gasteiger partial charge in [-0.05, 0) is 48.9 Å². The standard InChI is InChI=1S/C26H24N6O3/c1-17-15-18(35-26-28-13-6-14-29-26)9-10-20(17)30-24(34)12-11-23(33)19(16-27)25-31(2)21-7-4-5-8-22(21)32(25)3/h4-10,13-15H,11-12H2,1-3H3,(H,30,34). The van der Waals surface area contributed by atoms with Crippen LogP contribution in [0.1, 0.15) is 18.4 Å². The Hall–Kier alpha value is -4.71. The van der Waals surface area contributed by atoms with Crippen LogP contribution in [0.5, 0.6) is 11.8 Å². The maximum atomic E-state index is 12.9. The van der Waals surface area contributed by atoms with Gasteiger partial charge in [-0.25, -0.2) is 9.97 Å². The van der Waals surface area contributed by atoms with Crippen molar-refractivity contribution < 1.29 is 14.3 Å². The molecule has 9 nitrogen and oxygen atoms in total. The van der Waals surface area contributed by atoms with Gasteiger partial charge in [0.2, 0.25) is 5.91 Å². The molecule has 1 aliphatic heterocycles. The third kappa shape index (κ3) is 4.96. The van der Waals surface area contributed by atoms with Crippen LogP contribution in [-0.4, -0.2) is 35.8 Å². The van der Waals surface area contributed by atoms with E-state index in [1.54, 1.807) is 36.7 Å². The molecule has 4 rings (SSSR count). The van der Waals surface area contributed by atoms with Crippen molar-refractivity contribution in [1.82, 2.24) is 9.97 Å². The molecule has 1 aromatic heterocycles. The van der Waals surface area contributed by atoms with E-state index in [9.17, 15) is 14.9 Å². The smallest absolute Gasteiger partial charge is 0.321 e. The van der Waals surface area contributed by atoms with Gasteiger partial charge in [-0.2, -0.15) is 5.26 Å². The number of Topliss-reactive ketones (excluding diaryl/α,β-unsaturated/α-hetero) is 1. The van der Waals surface area contributed by atoms with E-state index in [1.165, 1.54) is 0 Å². The molecule has 2 aromatic carbocycles. The molecule has 0 fully saturated rings. The van der Waals surface area contributed by atoms with Gasteiger partial charge < -0.3 is 19.9 Å². The molecule has 0 unspecified atom stereocenters. The second kappa shape index (κ2) is 10.1. The quantitative estimate of drug-likeness (QED) is 0.406. The first-order valence-electron chi connectivity index (χ1n) is 11.0. The Kier molecular flexibility index (Phi) is 6.73. The topological polar surface area (TPSA) is 111 Å². The molecule has 9 heteroatoms. The summed E-state index contributed by atoms with van der Waals surface area (Å²) in [7, 11) is 3.63. The van der Waals surface area contributed by atoms with E-state index in [4.69, 9.17) is 4.74 Å². The lowest BCUT2D eigenvalue weighted by Crippen LogP contribution is -2.26. The van der Waals surface area contributed by atoms with Crippen LogP contribution in [0.2, 0.25) is 0 Å². The van der Waals surface area contributed by atoms with Gasteiger partial charge in [-0.1, -0.05) is 12.1 Å². The van der Waals surface area contributed by atoms with Crippen LogP contribution in [-0.2, 0) is 9.59 Å². The zero-order valence-corrected chi connectivity index (χ0v) is 19.6. The summed E-state index contributed by atoms with van der Waals surface area (Å²) in [6.07, 6.45) is 3.04. The highest BCUT2D eigenvalue weighted by molar-refractivity contribution is 6.04. The lowest BCUT2D eigenvalue weighted by Gasteiger charge is -2.19. The molecule has 1 N–H and O–H groups in total. The van der Waals surface area contributed by atoms with Crippen LogP contribution in [0.25, 0.3) is 0 Å². The normalized spacial score (nSPS) is 12.1. The number of ether oxygens (including phenoxy) is 1. The first-order chi connectivity index (χ1) is 16.9. The summed E-state index contributed by atoms with van der Waals surface area (Å²) < 4.78 is 5.60. The molecule has 1 amide bonds. The lowest BCUT2D eigenvalue weighted by molar-refractivity contribution is -0.120. The fourth-order valence-electron chi connectivity index (χ4n) is 3.91. The third-order valence-electron chi connectivity index (χ3n) is 5.66. The Morgan fingerprint density at radius 1 is 1.00 bits per heavy atom. The van der Waals surface area contributed by atoms with Crippen LogP contribution >= 0.6 is 0 Å². The number of allylic oxidation sites excluding steroid dienone is 1. The Labute approximate surface area is 203 Å². The average molecular weight is 469 g/mol. The zero-order chi connectivity index (χ0) is 24.9. The van der Waals surface area contributed by atoms with Crippen LogP contribution in [0.4, 0.5) is 17.1 Å². The Morgan fingerprint density at radius 3 is 2.26 bits per heavy atom. The molecule has 0 spiro atoms. The average Bonchev–Trinajstić information content (AvgIpc) is 3.11. The number of carbonyl (C=O) groups is 2. The molecule has 35 heavy (non-hydrogen) atoms. The molecule has 3 aromatic rings. The number of nitriles is 1. The minimum absolute atomic E-state index is 0.0276. The Morgan fingerprint density at radius 2 is 1.66 bits per heavy atom. The summed E-state index contributed by atoms with van der Waals surface area (Å²) in [6, 6.07) is 16.8. The van der Waals surface area contributed by atoms with Gasteiger partial charge in [-0.3, -0.25) is 9.59 Å². The van der Waals surface area contributed by atoms with Crippen molar-refractivity contribution in [2.45, 2.75) is 19.8 Å². The van der Waals surface area contributed by atoms with Crippen LogP contribution < -0.4 is 19.9 Å². The number of aromatic nitrogens is 2. The Bertz CT molecular complexity index is 1320. The highest BCUT2D eigenvalue weighted by Crippen LogP contribution is 2.40. The number of aryl methyl sites for hydroxylation is 1. The number of benzene rings is 2. The number of anilines is 3. The molecule has 176 valence electrons. The number of fused-ring (bicyclic) bond motifs is 1. The van der Waals surface area contributed by atoms with Gasteiger partial charge in [0.1, 0.15) is 23.2 Å². The van der Waals surface area contributed by atoms with Gasteiger partial charge >= 0.3 is 6.01 Å². The van der Waals surface area contributed by atoms with Gasteiger partial charge in [0.15, 0.2) is 5.78 Å². The highest BCUT2D eigenvalue weighted by atomic mass is 16.5. The molecule has 0 atom stereocenters. The number of carbonyl (C=O) groups excluding carboxylic acids is 2. The van der Waals surface area contributed by atoms with Crippen molar-refractivity contribution in [1.29, 1.82) is 5.26 Å². The predicted octanol–water partition coefficient (Wildman–Crippen LogP) is 4.19. The van der Waals surface area contributed by atoms with Crippen molar-refractivity contribution in [2.24, 2.45) is 0 Å². The second-order valence-corrected chi connectivity index (χ2v) is 8.00. The molecule has 0 aliphatic carbocycles. The fraction of sp³-hybridized carbons (Fsp3) is 0.192. The number of nitrogens with one attached hydrogen (secondary N) is 1. The van der Waals surface area contributed by atoms with Gasteiger partial charge in [0.05, 0.1) is 11.4 Å². The third-order valence-corrected chi connectivity index (χ3v) is 5.66. The van der Waals surface area contributed by atoms with Gasteiger partial charge in [-0.15, -0.1) is 0 Å². The van der Waals surface area contributed by atoms with E-state index in [0.717, 1.165) is 16.9 Å². The molecule has 2 heterocycles.